The van der Waals surface area contributed by atoms with E-state index in [1.165, 1.54) is 0 Å². The molecule has 1 aromatic heterocycles. The summed E-state index contributed by atoms with van der Waals surface area (Å²) in [5.74, 6) is 0. The smallest absolute Gasteiger partial charge is 0.376 e. The van der Waals surface area contributed by atoms with E-state index in [1.54, 1.807) is 0 Å². The maximum atomic E-state index is 12.4. The van der Waals surface area contributed by atoms with E-state index in [1.807, 2.05) is 0 Å². The van der Waals surface area contributed by atoms with Crippen LogP contribution >= 0.6 is 11.3 Å². The molecule has 0 bridgehead atoms. The van der Waals surface area contributed by atoms with Crippen molar-refractivity contribution in [2.24, 2.45) is 5.73 Å². The molecule has 1 aliphatic heterocycles. The minimum absolute atomic E-state index is 0.292. The van der Waals surface area contributed by atoms with Crippen molar-refractivity contribution in [2.75, 3.05) is 19.8 Å². The molecule has 0 amide bonds. The highest BCUT2D eigenvalue weighted by Gasteiger charge is 2.36. The van der Waals surface area contributed by atoms with Crippen molar-refractivity contribution >= 4 is 11.3 Å². The first-order valence-electron chi connectivity index (χ1n) is 4.96. The quantitative estimate of drug-likeness (QED) is 0.884. The third-order valence-electron chi connectivity index (χ3n) is 2.34. The van der Waals surface area contributed by atoms with Gasteiger partial charge in [-0.3, -0.25) is 0 Å². The summed E-state index contributed by atoms with van der Waals surface area (Å²) >= 11 is 0.545. The van der Waals surface area contributed by atoms with Gasteiger partial charge in [-0.05, 0) is 0 Å². The van der Waals surface area contributed by atoms with Crippen molar-refractivity contribution in [3.8, 4) is 0 Å². The van der Waals surface area contributed by atoms with Crippen molar-refractivity contribution in [2.45, 2.75) is 18.3 Å². The molecule has 17 heavy (non-hydrogen) atoms. The maximum absolute atomic E-state index is 12.4. The van der Waals surface area contributed by atoms with Gasteiger partial charge in [0.15, 0.2) is 5.01 Å². The molecule has 2 heterocycles. The highest BCUT2D eigenvalue weighted by atomic mass is 32.1. The predicted octanol–water partition coefficient (Wildman–Crippen LogP) is 1.58. The zero-order chi connectivity index (χ0) is 12.5. The lowest BCUT2D eigenvalue weighted by atomic mass is 10.1. The van der Waals surface area contributed by atoms with Crippen molar-refractivity contribution in [1.29, 1.82) is 0 Å². The molecular weight excluding hydrogens is 257 g/mol. The van der Waals surface area contributed by atoms with E-state index >= 15 is 0 Å². The van der Waals surface area contributed by atoms with Crippen molar-refractivity contribution in [1.82, 2.24) is 4.98 Å². The number of nitrogens with zero attached hydrogens (tertiary/aromatic N) is 1. The standard InChI is InChI=1S/C9H11F3N2O2S/c10-9(11,12)8-14-3-6(17-8)7(13)5-4-15-1-2-16-5/h3,5,7H,1-2,4,13H2. The Bertz CT molecular complexity index is 377. The van der Waals surface area contributed by atoms with Gasteiger partial charge in [0.1, 0.15) is 6.10 Å². The first-order chi connectivity index (χ1) is 7.98. The number of halogens is 3. The topological polar surface area (TPSA) is 57.4 Å². The van der Waals surface area contributed by atoms with Gasteiger partial charge in [0, 0.05) is 11.1 Å². The molecule has 2 rings (SSSR count). The fourth-order valence-electron chi connectivity index (χ4n) is 1.47. The van der Waals surface area contributed by atoms with Gasteiger partial charge in [-0.2, -0.15) is 13.2 Å². The van der Waals surface area contributed by atoms with Crippen LogP contribution in [0, 0.1) is 0 Å². The summed E-state index contributed by atoms with van der Waals surface area (Å²) in [5, 5.41) is -0.889. The van der Waals surface area contributed by atoms with Gasteiger partial charge in [0.2, 0.25) is 0 Å². The number of hydrogen-bond donors (Lipinski definition) is 1. The minimum atomic E-state index is -4.42. The van der Waals surface area contributed by atoms with E-state index in [0.717, 1.165) is 6.20 Å². The summed E-state index contributed by atoms with van der Waals surface area (Å²) in [6.07, 6.45) is -3.69. The van der Waals surface area contributed by atoms with Crippen LogP contribution < -0.4 is 5.73 Å². The summed E-state index contributed by atoms with van der Waals surface area (Å²) in [6, 6.07) is -0.635. The number of aromatic nitrogens is 1. The Hall–Kier alpha value is -0.700. The number of hydrogen-bond acceptors (Lipinski definition) is 5. The molecule has 0 aliphatic carbocycles. The van der Waals surface area contributed by atoms with Crippen LogP contribution in [0.4, 0.5) is 13.2 Å². The highest BCUT2D eigenvalue weighted by molar-refractivity contribution is 7.11. The largest absolute Gasteiger partial charge is 0.443 e. The molecule has 8 heteroatoms. The van der Waals surface area contributed by atoms with Gasteiger partial charge >= 0.3 is 6.18 Å². The Morgan fingerprint density at radius 3 is 2.76 bits per heavy atom. The lowest BCUT2D eigenvalue weighted by molar-refractivity contribution is -0.137. The second-order valence-corrected chi connectivity index (χ2v) is 4.64. The number of rotatable bonds is 2. The number of thiazole rings is 1. The first kappa shape index (κ1) is 12.7. The van der Waals surface area contributed by atoms with Crippen LogP contribution in [0.15, 0.2) is 6.20 Å². The maximum Gasteiger partial charge on any atom is 0.443 e. The normalized spacial score (nSPS) is 23.6. The first-order valence-corrected chi connectivity index (χ1v) is 5.78. The van der Waals surface area contributed by atoms with E-state index in [2.05, 4.69) is 4.98 Å². The zero-order valence-electron chi connectivity index (χ0n) is 8.74. The van der Waals surface area contributed by atoms with Gasteiger partial charge in [0.05, 0.1) is 25.9 Å². The number of alkyl halides is 3. The average molecular weight is 268 g/mol. The monoisotopic (exact) mass is 268 g/mol. The minimum Gasteiger partial charge on any atom is -0.376 e. The SMILES string of the molecule is NC(c1cnc(C(F)(F)F)s1)C1COCCO1. The van der Waals surface area contributed by atoms with E-state index in [9.17, 15) is 13.2 Å². The summed E-state index contributed by atoms with van der Waals surface area (Å²) < 4.78 is 47.6. The number of ether oxygens (including phenoxy) is 2. The zero-order valence-corrected chi connectivity index (χ0v) is 9.55. The van der Waals surface area contributed by atoms with Crippen LogP contribution in [-0.4, -0.2) is 30.9 Å². The van der Waals surface area contributed by atoms with Crippen molar-refractivity contribution in [3.63, 3.8) is 0 Å². The van der Waals surface area contributed by atoms with Crippen LogP contribution in [0.5, 0.6) is 0 Å². The Morgan fingerprint density at radius 2 is 2.24 bits per heavy atom. The van der Waals surface area contributed by atoms with Gasteiger partial charge in [-0.15, -0.1) is 11.3 Å². The summed E-state index contributed by atoms with van der Waals surface area (Å²) in [6.45, 7) is 1.18. The molecule has 1 aliphatic rings. The van der Waals surface area contributed by atoms with Gasteiger partial charge in [-0.1, -0.05) is 0 Å². The van der Waals surface area contributed by atoms with E-state index in [4.69, 9.17) is 15.2 Å². The van der Waals surface area contributed by atoms with E-state index in [-0.39, 0.29) is 0 Å². The van der Waals surface area contributed by atoms with Crippen LogP contribution in [0.2, 0.25) is 0 Å². The van der Waals surface area contributed by atoms with Gasteiger partial charge in [0.25, 0.3) is 0 Å². The van der Waals surface area contributed by atoms with Crippen LogP contribution in [0.1, 0.15) is 15.9 Å². The van der Waals surface area contributed by atoms with E-state index in [0.29, 0.717) is 36.0 Å². The molecule has 0 aromatic carbocycles. The fourth-order valence-corrected chi connectivity index (χ4v) is 2.31. The van der Waals surface area contributed by atoms with Crippen LogP contribution in [-0.2, 0) is 15.7 Å². The lowest BCUT2D eigenvalue weighted by Gasteiger charge is -2.27. The molecule has 0 radical (unpaired) electrons. The summed E-state index contributed by atoms with van der Waals surface area (Å²) in [7, 11) is 0. The van der Waals surface area contributed by atoms with E-state index < -0.39 is 23.3 Å². The lowest BCUT2D eigenvalue weighted by Crippen LogP contribution is -2.37. The molecule has 2 atom stereocenters. The van der Waals surface area contributed by atoms with Gasteiger partial charge < -0.3 is 15.2 Å². The van der Waals surface area contributed by atoms with Crippen molar-refractivity contribution in [3.05, 3.63) is 16.1 Å². The molecular formula is C9H11F3N2O2S. The highest BCUT2D eigenvalue weighted by Crippen LogP contribution is 2.34. The third kappa shape index (κ3) is 2.95. The fraction of sp³-hybridized carbons (Fsp3) is 0.667. The number of nitrogens with two attached hydrogens (primary N) is 1. The Morgan fingerprint density at radius 1 is 1.47 bits per heavy atom. The second-order valence-electron chi connectivity index (χ2n) is 3.58. The summed E-state index contributed by atoms with van der Waals surface area (Å²) in [5.41, 5.74) is 5.82. The molecule has 0 spiro atoms. The predicted molar refractivity (Wildman–Crippen MR) is 54.6 cm³/mol. The Kier molecular flexibility index (Phi) is 3.67. The molecule has 1 fully saturated rings. The molecule has 2 N–H and O–H groups in total. The van der Waals surface area contributed by atoms with Crippen LogP contribution in [0.25, 0.3) is 0 Å². The van der Waals surface area contributed by atoms with Crippen molar-refractivity contribution < 1.29 is 22.6 Å². The molecule has 96 valence electrons. The summed E-state index contributed by atoms with van der Waals surface area (Å²) in [4.78, 5) is 3.67. The molecule has 0 saturated carbocycles. The molecule has 1 aromatic rings. The second kappa shape index (κ2) is 4.89. The third-order valence-corrected chi connectivity index (χ3v) is 3.48. The molecule has 1 saturated heterocycles. The Balaban J connectivity index is 2.08. The van der Waals surface area contributed by atoms with Crippen LogP contribution in [0.3, 0.4) is 0 Å². The molecule has 4 nitrogen and oxygen atoms in total. The Labute approximate surface area is 99.5 Å². The average Bonchev–Trinajstić information content (AvgIpc) is 2.78. The molecule has 2 unspecified atom stereocenters. The van der Waals surface area contributed by atoms with Gasteiger partial charge in [-0.25, -0.2) is 4.98 Å².